The topological polar surface area (TPSA) is 18.5 Å². The molecule has 1 rings (SSSR count). The Kier molecular flexibility index (Phi) is 6.45. The van der Waals surface area contributed by atoms with Gasteiger partial charge in [-0.1, -0.05) is 26.0 Å². The molecule has 0 N–H and O–H groups in total. The molecule has 0 aromatic heterocycles. The zero-order chi connectivity index (χ0) is 12.7. The lowest BCUT2D eigenvalue weighted by molar-refractivity contribution is -0.0601. The van der Waals surface area contributed by atoms with Crippen molar-refractivity contribution >= 4 is 12.6 Å². The van der Waals surface area contributed by atoms with Gasteiger partial charge < -0.3 is 9.47 Å². The van der Waals surface area contributed by atoms with E-state index < -0.39 is 0 Å². The van der Waals surface area contributed by atoms with Gasteiger partial charge in [0.15, 0.2) is 6.29 Å². The van der Waals surface area contributed by atoms with Crippen molar-refractivity contribution in [2.45, 2.75) is 39.4 Å². The zero-order valence-electron chi connectivity index (χ0n) is 10.8. The highest BCUT2D eigenvalue weighted by Crippen LogP contribution is 2.22. The lowest BCUT2D eigenvalue weighted by Crippen LogP contribution is -2.17. The molecule has 2 unspecified atom stereocenters. The normalized spacial score (nSPS) is 14.4. The van der Waals surface area contributed by atoms with E-state index in [2.05, 4.69) is 38.6 Å². The zero-order valence-corrected chi connectivity index (χ0v) is 11.7. The summed E-state index contributed by atoms with van der Waals surface area (Å²) in [4.78, 5) is 0. The minimum Gasteiger partial charge on any atom is -0.465 e. The highest BCUT2D eigenvalue weighted by Gasteiger charge is 2.05. The van der Waals surface area contributed by atoms with E-state index in [-0.39, 0.29) is 6.29 Å². The van der Waals surface area contributed by atoms with Gasteiger partial charge in [0.1, 0.15) is 5.75 Å². The molecule has 0 heterocycles. The van der Waals surface area contributed by atoms with Crippen LogP contribution in [0.15, 0.2) is 24.3 Å². The fraction of sp³-hybridized carbons (Fsp3) is 0.571. The number of hydrogen-bond acceptors (Lipinski definition) is 3. The van der Waals surface area contributed by atoms with Crippen molar-refractivity contribution in [1.82, 2.24) is 0 Å². The largest absolute Gasteiger partial charge is 0.465 e. The van der Waals surface area contributed by atoms with Gasteiger partial charge in [-0.3, -0.25) is 0 Å². The van der Waals surface area contributed by atoms with Crippen LogP contribution >= 0.6 is 12.6 Å². The van der Waals surface area contributed by atoms with Gasteiger partial charge in [-0.15, -0.1) is 0 Å². The summed E-state index contributed by atoms with van der Waals surface area (Å²) in [5.74, 6) is 2.16. The summed E-state index contributed by atoms with van der Waals surface area (Å²) >= 11 is 4.09. The van der Waals surface area contributed by atoms with Crippen LogP contribution in [0.5, 0.6) is 5.75 Å². The molecular formula is C14H22O2S. The first-order valence-corrected chi connectivity index (χ1v) is 6.79. The summed E-state index contributed by atoms with van der Waals surface area (Å²) < 4.78 is 11.0. The Morgan fingerprint density at radius 1 is 1.18 bits per heavy atom. The van der Waals surface area contributed by atoms with Gasteiger partial charge in [0.05, 0.1) is 6.61 Å². The highest BCUT2D eigenvalue weighted by molar-refractivity contribution is 7.80. The fourth-order valence-electron chi connectivity index (χ4n) is 1.55. The van der Waals surface area contributed by atoms with Crippen LogP contribution in [0.1, 0.15) is 38.7 Å². The third-order valence-corrected chi connectivity index (χ3v) is 2.99. The summed E-state index contributed by atoms with van der Waals surface area (Å²) in [5.41, 5.74) is 1.35. The van der Waals surface area contributed by atoms with Crippen molar-refractivity contribution in [3.63, 3.8) is 0 Å². The molecular weight excluding hydrogens is 232 g/mol. The van der Waals surface area contributed by atoms with Crippen molar-refractivity contribution in [3.05, 3.63) is 29.8 Å². The molecule has 2 atom stereocenters. The van der Waals surface area contributed by atoms with E-state index in [1.165, 1.54) is 5.56 Å². The smallest absolute Gasteiger partial charge is 0.197 e. The van der Waals surface area contributed by atoms with E-state index in [0.29, 0.717) is 18.3 Å². The van der Waals surface area contributed by atoms with Gasteiger partial charge in [-0.05, 0) is 37.0 Å². The summed E-state index contributed by atoms with van der Waals surface area (Å²) in [6.45, 7) is 6.93. The molecule has 0 radical (unpaired) electrons. The van der Waals surface area contributed by atoms with Crippen LogP contribution < -0.4 is 4.74 Å². The molecule has 0 aliphatic heterocycles. The van der Waals surface area contributed by atoms with Gasteiger partial charge >= 0.3 is 0 Å². The maximum atomic E-state index is 5.63. The summed E-state index contributed by atoms with van der Waals surface area (Å²) in [7, 11) is 0. The van der Waals surface area contributed by atoms with Gasteiger partial charge in [0.25, 0.3) is 0 Å². The van der Waals surface area contributed by atoms with Crippen LogP contribution in [0.25, 0.3) is 0 Å². The van der Waals surface area contributed by atoms with E-state index in [1.54, 1.807) is 0 Å². The average Bonchev–Trinajstić information content (AvgIpc) is 2.36. The second-order valence-corrected chi connectivity index (χ2v) is 4.61. The number of hydrogen-bond donors (Lipinski definition) is 1. The predicted octanol–water partition coefficient (Wildman–Crippen LogP) is 3.87. The minimum absolute atomic E-state index is 0.225. The molecule has 0 saturated carbocycles. The Balaban J connectivity index is 2.50. The molecule has 0 saturated heterocycles. The molecule has 1 aromatic carbocycles. The Bertz CT molecular complexity index is 311. The van der Waals surface area contributed by atoms with Crippen molar-refractivity contribution in [2.24, 2.45) is 0 Å². The van der Waals surface area contributed by atoms with E-state index in [9.17, 15) is 0 Å². The van der Waals surface area contributed by atoms with E-state index >= 15 is 0 Å². The quantitative estimate of drug-likeness (QED) is 0.588. The standard InChI is InChI=1S/C14H22O2S/c1-4-11(2)13-5-7-14(8-6-13)16-12(3)15-9-10-17/h5-8,11-12,17H,4,9-10H2,1-3H3. The van der Waals surface area contributed by atoms with E-state index in [4.69, 9.17) is 9.47 Å². The van der Waals surface area contributed by atoms with Crippen molar-refractivity contribution in [1.29, 1.82) is 0 Å². The van der Waals surface area contributed by atoms with Crippen molar-refractivity contribution < 1.29 is 9.47 Å². The maximum Gasteiger partial charge on any atom is 0.197 e. The molecule has 0 fully saturated rings. The molecule has 2 nitrogen and oxygen atoms in total. The molecule has 1 aromatic rings. The second-order valence-electron chi connectivity index (χ2n) is 4.16. The Morgan fingerprint density at radius 2 is 1.82 bits per heavy atom. The molecule has 0 spiro atoms. The lowest BCUT2D eigenvalue weighted by atomic mass is 9.99. The van der Waals surface area contributed by atoms with Gasteiger partial charge in [-0.2, -0.15) is 12.6 Å². The summed E-state index contributed by atoms with van der Waals surface area (Å²) in [6, 6.07) is 8.24. The number of ether oxygens (including phenoxy) is 2. The monoisotopic (exact) mass is 254 g/mol. The Hall–Kier alpha value is -0.670. The first-order valence-electron chi connectivity index (χ1n) is 6.16. The summed E-state index contributed by atoms with van der Waals surface area (Å²) in [5, 5.41) is 0. The average molecular weight is 254 g/mol. The Labute approximate surface area is 110 Å². The van der Waals surface area contributed by atoms with Crippen LogP contribution in [0.3, 0.4) is 0 Å². The van der Waals surface area contributed by atoms with E-state index in [1.807, 2.05) is 19.1 Å². The minimum atomic E-state index is -0.225. The molecule has 0 bridgehead atoms. The van der Waals surface area contributed by atoms with Crippen molar-refractivity contribution in [3.8, 4) is 5.75 Å². The first-order chi connectivity index (χ1) is 8.17. The first kappa shape index (κ1) is 14.4. The number of rotatable bonds is 7. The lowest BCUT2D eigenvalue weighted by Gasteiger charge is -2.16. The predicted molar refractivity (Wildman–Crippen MR) is 75.0 cm³/mol. The van der Waals surface area contributed by atoms with Crippen LogP contribution in [0.4, 0.5) is 0 Å². The van der Waals surface area contributed by atoms with Crippen LogP contribution in [-0.2, 0) is 4.74 Å². The van der Waals surface area contributed by atoms with Crippen molar-refractivity contribution in [2.75, 3.05) is 12.4 Å². The second kappa shape index (κ2) is 7.62. The van der Waals surface area contributed by atoms with Crippen LogP contribution in [-0.4, -0.2) is 18.6 Å². The van der Waals surface area contributed by atoms with Crippen LogP contribution in [0, 0.1) is 0 Å². The summed E-state index contributed by atoms with van der Waals surface area (Å²) in [6.07, 6.45) is 0.929. The fourth-order valence-corrected chi connectivity index (χ4v) is 1.66. The third-order valence-electron chi connectivity index (χ3n) is 2.81. The van der Waals surface area contributed by atoms with E-state index in [0.717, 1.165) is 12.2 Å². The highest BCUT2D eigenvalue weighted by atomic mass is 32.1. The molecule has 3 heteroatoms. The number of thiol groups is 1. The molecule has 17 heavy (non-hydrogen) atoms. The molecule has 96 valence electrons. The molecule has 0 amide bonds. The SMILES string of the molecule is CCC(C)c1ccc(OC(C)OCCS)cc1. The molecule has 0 aliphatic carbocycles. The number of benzene rings is 1. The van der Waals surface area contributed by atoms with Gasteiger partial charge in [0.2, 0.25) is 0 Å². The van der Waals surface area contributed by atoms with Gasteiger partial charge in [0, 0.05) is 5.75 Å². The van der Waals surface area contributed by atoms with Crippen LogP contribution in [0.2, 0.25) is 0 Å². The maximum absolute atomic E-state index is 5.63. The Morgan fingerprint density at radius 3 is 2.35 bits per heavy atom. The van der Waals surface area contributed by atoms with Gasteiger partial charge in [-0.25, -0.2) is 0 Å². The molecule has 0 aliphatic rings. The third kappa shape index (κ3) is 5.00.